The van der Waals surface area contributed by atoms with Crippen molar-refractivity contribution in [3.05, 3.63) is 53.6 Å². The van der Waals surface area contributed by atoms with E-state index in [0.717, 1.165) is 5.46 Å². The van der Waals surface area contributed by atoms with Crippen LogP contribution >= 0.6 is 0 Å². The summed E-state index contributed by atoms with van der Waals surface area (Å²) in [4.78, 5) is 0. The molecule has 27 heavy (non-hydrogen) atoms. The fraction of sp³-hybridized carbons (Fsp3) is 0.500. The van der Waals surface area contributed by atoms with Gasteiger partial charge in [0.15, 0.2) is 0 Å². The van der Waals surface area contributed by atoms with Crippen LogP contribution < -0.4 is 5.46 Å². The van der Waals surface area contributed by atoms with Gasteiger partial charge in [-0.15, -0.1) is 0 Å². The minimum atomic E-state index is -0.326. The maximum Gasteiger partial charge on any atom is 0.494 e. The van der Waals surface area contributed by atoms with Gasteiger partial charge in [0, 0.05) is 5.41 Å². The van der Waals surface area contributed by atoms with Crippen LogP contribution in [0.15, 0.2) is 42.5 Å². The SMILES string of the molecule is CC(C)(C)C1(C)c2ccccc2-c2ccc(B3OC(C)(C)C(C)(C)O3)cc21. The first-order chi connectivity index (χ1) is 12.4. The van der Waals surface area contributed by atoms with Gasteiger partial charge in [0.25, 0.3) is 0 Å². The van der Waals surface area contributed by atoms with Crippen LogP contribution in [0.5, 0.6) is 0 Å². The van der Waals surface area contributed by atoms with Crippen LogP contribution in [0.1, 0.15) is 66.5 Å². The first-order valence-corrected chi connectivity index (χ1v) is 9.98. The lowest BCUT2D eigenvalue weighted by Gasteiger charge is -2.41. The van der Waals surface area contributed by atoms with Gasteiger partial charge in [-0.25, -0.2) is 0 Å². The van der Waals surface area contributed by atoms with E-state index in [1.165, 1.54) is 22.3 Å². The average molecular weight is 362 g/mol. The molecule has 1 atom stereocenters. The number of hydrogen-bond acceptors (Lipinski definition) is 2. The van der Waals surface area contributed by atoms with Crippen molar-refractivity contribution in [2.45, 2.75) is 72.0 Å². The molecule has 0 radical (unpaired) electrons. The Morgan fingerprint density at radius 3 is 1.89 bits per heavy atom. The Hall–Kier alpha value is -1.58. The van der Waals surface area contributed by atoms with Crippen molar-refractivity contribution in [3.8, 4) is 11.1 Å². The fourth-order valence-corrected chi connectivity index (χ4v) is 4.44. The van der Waals surface area contributed by atoms with E-state index in [9.17, 15) is 0 Å². The van der Waals surface area contributed by atoms with Crippen molar-refractivity contribution in [2.75, 3.05) is 0 Å². The minimum Gasteiger partial charge on any atom is -0.399 e. The molecule has 1 aliphatic heterocycles. The molecular formula is C24H31BO2. The average Bonchev–Trinajstić information content (AvgIpc) is 2.96. The Kier molecular flexibility index (Phi) is 3.81. The molecule has 0 spiro atoms. The predicted octanol–water partition coefficient (Wildman–Crippen LogP) is 5.32. The molecular weight excluding hydrogens is 331 g/mol. The Morgan fingerprint density at radius 2 is 1.30 bits per heavy atom. The van der Waals surface area contributed by atoms with Crippen LogP contribution in [-0.4, -0.2) is 18.3 Å². The number of rotatable bonds is 1. The topological polar surface area (TPSA) is 18.5 Å². The van der Waals surface area contributed by atoms with Crippen molar-refractivity contribution in [1.82, 2.24) is 0 Å². The van der Waals surface area contributed by atoms with E-state index in [1.807, 2.05) is 0 Å². The molecule has 1 heterocycles. The highest BCUT2D eigenvalue weighted by Gasteiger charge is 2.53. The molecule has 1 unspecified atom stereocenters. The minimum absolute atomic E-state index is 0.0570. The largest absolute Gasteiger partial charge is 0.494 e. The van der Waals surface area contributed by atoms with E-state index in [-0.39, 0.29) is 29.2 Å². The van der Waals surface area contributed by atoms with E-state index < -0.39 is 0 Å². The highest BCUT2D eigenvalue weighted by Crippen LogP contribution is 2.56. The van der Waals surface area contributed by atoms with E-state index in [2.05, 4.69) is 97.9 Å². The third kappa shape index (κ3) is 2.48. The molecule has 2 nitrogen and oxygen atoms in total. The molecule has 0 amide bonds. The van der Waals surface area contributed by atoms with Crippen LogP contribution in [0.3, 0.4) is 0 Å². The molecule has 2 aromatic carbocycles. The molecule has 0 bridgehead atoms. The maximum atomic E-state index is 6.32. The van der Waals surface area contributed by atoms with Gasteiger partial charge < -0.3 is 9.31 Å². The van der Waals surface area contributed by atoms with Crippen molar-refractivity contribution in [1.29, 1.82) is 0 Å². The quantitative estimate of drug-likeness (QED) is 0.640. The normalized spacial score (nSPS) is 25.4. The van der Waals surface area contributed by atoms with Crippen molar-refractivity contribution in [3.63, 3.8) is 0 Å². The lowest BCUT2D eigenvalue weighted by atomic mass is 9.61. The molecule has 2 aromatic rings. The second kappa shape index (κ2) is 5.49. The summed E-state index contributed by atoms with van der Waals surface area (Å²) in [5.74, 6) is 0. The summed E-state index contributed by atoms with van der Waals surface area (Å²) < 4.78 is 12.6. The van der Waals surface area contributed by atoms with E-state index in [0.29, 0.717) is 0 Å². The number of fused-ring (bicyclic) bond motifs is 3. The van der Waals surface area contributed by atoms with E-state index in [4.69, 9.17) is 9.31 Å². The molecule has 0 saturated carbocycles. The monoisotopic (exact) mass is 362 g/mol. The lowest BCUT2D eigenvalue weighted by molar-refractivity contribution is 0.00578. The highest BCUT2D eigenvalue weighted by molar-refractivity contribution is 6.62. The number of hydrogen-bond donors (Lipinski definition) is 0. The Balaban J connectivity index is 1.86. The molecule has 1 aliphatic carbocycles. The first-order valence-electron chi connectivity index (χ1n) is 9.98. The number of benzene rings is 2. The lowest BCUT2D eigenvalue weighted by Crippen LogP contribution is -2.41. The molecule has 0 N–H and O–H groups in total. The van der Waals surface area contributed by atoms with Crippen molar-refractivity contribution < 1.29 is 9.31 Å². The third-order valence-electron chi connectivity index (χ3n) is 7.36. The zero-order valence-electron chi connectivity index (χ0n) is 17.9. The van der Waals surface area contributed by atoms with Crippen LogP contribution in [0.2, 0.25) is 0 Å². The zero-order chi connectivity index (χ0) is 19.8. The molecule has 142 valence electrons. The van der Waals surface area contributed by atoms with Gasteiger partial charge in [-0.3, -0.25) is 0 Å². The molecule has 3 heteroatoms. The van der Waals surface area contributed by atoms with Gasteiger partial charge >= 0.3 is 7.12 Å². The molecule has 2 aliphatic rings. The van der Waals surface area contributed by atoms with E-state index >= 15 is 0 Å². The van der Waals surface area contributed by atoms with Crippen LogP contribution in [0.4, 0.5) is 0 Å². The molecule has 1 fully saturated rings. The molecule has 1 saturated heterocycles. The van der Waals surface area contributed by atoms with Crippen LogP contribution in [0, 0.1) is 5.41 Å². The van der Waals surface area contributed by atoms with Gasteiger partial charge in [0.2, 0.25) is 0 Å². The summed E-state index contributed by atoms with van der Waals surface area (Å²) in [7, 11) is -0.326. The van der Waals surface area contributed by atoms with Gasteiger partial charge in [-0.05, 0) is 60.8 Å². The van der Waals surface area contributed by atoms with Gasteiger partial charge in [0.05, 0.1) is 11.2 Å². The van der Waals surface area contributed by atoms with Gasteiger partial charge in [-0.1, -0.05) is 70.2 Å². The van der Waals surface area contributed by atoms with Crippen LogP contribution in [-0.2, 0) is 14.7 Å². The fourth-order valence-electron chi connectivity index (χ4n) is 4.44. The summed E-state index contributed by atoms with van der Waals surface area (Å²) in [5.41, 5.74) is 5.97. The van der Waals surface area contributed by atoms with E-state index in [1.54, 1.807) is 0 Å². The Labute approximate surface area is 164 Å². The highest BCUT2D eigenvalue weighted by atomic mass is 16.7. The smallest absolute Gasteiger partial charge is 0.399 e. The summed E-state index contributed by atoms with van der Waals surface area (Å²) in [6.45, 7) is 17.8. The standard InChI is InChI=1S/C24H31BO2/c1-21(2,3)24(8)19-12-10-9-11-17(19)18-14-13-16(15-20(18)24)25-26-22(4,5)23(6,7)27-25/h9-15H,1-8H3. The molecule has 4 rings (SSSR count). The van der Waals surface area contributed by atoms with Gasteiger partial charge in [-0.2, -0.15) is 0 Å². The second-order valence-corrected chi connectivity index (χ2v) is 10.3. The second-order valence-electron chi connectivity index (χ2n) is 10.3. The van der Waals surface area contributed by atoms with Crippen LogP contribution in [0.25, 0.3) is 11.1 Å². The van der Waals surface area contributed by atoms with Crippen molar-refractivity contribution in [2.24, 2.45) is 5.41 Å². The van der Waals surface area contributed by atoms with Crippen molar-refractivity contribution >= 4 is 12.6 Å². The predicted molar refractivity (Wildman–Crippen MR) is 114 cm³/mol. The van der Waals surface area contributed by atoms with Gasteiger partial charge in [0.1, 0.15) is 0 Å². The summed E-state index contributed by atoms with van der Waals surface area (Å²) in [5, 5.41) is 0. The Bertz CT molecular complexity index is 891. The summed E-state index contributed by atoms with van der Waals surface area (Å²) >= 11 is 0. The Morgan fingerprint density at radius 1 is 0.741 bits per heavy atom. The summed E-state index contributed by atoms with van der Waals surface area (Å²) in [6.07, 6.45) is 0. The first kappa shape index (κ1) is 18.8. The molecule has 0 aromatic heterocycles. The summed E-state index contributed by atoms with van der Waals surface area (Å²) in [6, 6.07) is 15.6. The third-order valence-corrected chi connectivity index (χ3v) is 7.36. The zero-order valence-corrected chi connectivity index (χ0v) is 17.9. The maximum absolute atomic E-state index is 6.32.